The zero-order chi connectivity index (χ0) is 12.0. The highest BCUT2D eigenvalue weighted by Gasteiger charge is 2.03. The number of rotatable bonds is 5. The SMILES string of the molecule is CCOC(=O)CNc1cc(N)cc(OC)c1. The molecule has 16 heavy (non-hydrogen) atoms. The number of methoxy groups -OCH3 is 1. The average molecular weight is 224 g/mol. The van der Waals surface area contributed by atoms with Crippen LogP contribution in [-0.2, 0) is 9.53 Å². The van der Waals surface area contributed by atoms with Crippen molar-refractivity contribution in [2.24, 2.45) is 0 Å². The molecule has 0 aliphatic heterocycles. The molecule has 0 radical (unpaired) electrons. The Labute approximate surface area is 94.5 Å². The first-order chi connectivity index (χ1) is 7.65. The first kappa shape index (κ1) is 12.2. The van der Waals surface area contributed by atoms with Gasteiger partial charge in [0.1, 0.15) is 12.3 Å². The van der Waals surface area contributed by atoms with Crippen molar-refractivity contribution in [2.75, 3.05) is 31.3 Å². The van der Waals surface area contributed by atoms with Crippen LogP contribution in [0.3, 0.4) is 0 Å². The maximum Gasteiger partial charge on any atom is 0.325 e. The van der Waals surface area contributed by atoms with E-state index < -0.39 is 0 Å². The monoisotopic (exact) mass is 224 g/mol. The van der Waals surface area contributed by atoms with E-state index in [0.29, 0.717) is 18.0 Å². The van der Waals surface area contributed by atoms with E-state index in [2.05, 4.69) is 5.32 Å². The molecule has 0 aliphatic carbocycles. The lowest BCUT2D eigenvalue weighted by Gasteiger charge is -2.08. The lowest BCUT2D eigenvalue weighted by atomic mass is 10.2. The highest BCUT2D eigenvalue weighted by molar-refractivity contribution is 5.75. The fourth-order valence-corrected chi connectivity index (χ4v) is 1.23. The first-order valence-electron chi connectivity index (χ1n) is 4.99. The van der Waals surface area contributed by atoms with Crippen molar-refractivity contribution in [3.63, 3.8) is 0 Å². The second-order valence-corrected chi connectivity index (χ2v) is 3.15. The molecule has 1 rings (SSSR count). The Morgan fingerprint density at radius 3 is 2.81 bits per heavy atom. The molecular weight excluding hydrogens is 208 g/mol. The number of benzene rings is 1. The van der Waals surface area contributed by atoms with Gasteiger partial charge in [-0.1, -0.05) is 0 Å². The maximum absolute atomic E-state index is 11.1. The van der Waals surface area contributed by atoms with Gasteiger partial charge in [-0.15, -0.1) is 0 Å². The van der Waals surface area contributed by atoms with Crippen molar-refractivity contribution in [1.82, 2.24) is 0 Å². The number of carbonyl (C=O) groups is 1. The van der Waals surface area contributed by atoms with Crippen LogP contribution in [0.5, 0.6) is 5.75 Å². The second-order valence-electron chi connectivity index (χ2n) is 3.15. The zero-order valence-electron chi connectivity index (χ0n) is 9.45. The van der Waals surface area contributed by atoms with Gasteiger partial charge in [-0.2, -0.15) is 0 Å². The van der Waals surface area contributed by atoms with E-state index in [1.165, 1.54) is 0 Å². The molecule has 0 fully saturated rings. The van der Waals surface area contributed by atoms with Crippen molar-refractivity contribution >= 4 is 17.3 Å². The fourth-order valence-electron chi connectivity index (χ4n) is 1.23. The third-order valence-corrected chi connectivity index (χ3v) is 1.91. The summed E-state index contributed by atoms with van der Waals surface area (Å²) >= 11 is 0. The van der Waals surface area contributed by atoms with Crippen LogP contribution >= 0.6 is 0 Å². The molecule has 0 aromatic heterocycles. The van der Waals surface area contributed by atoms with Gasteiger partial charge in [0.2, 0.25) is 0 Å². The summed E-state index contributed by atoms with van der Waals surface area (Å²) in [5.41, 5.74) is 6.97. The predicted octanol–water partition coefficient (Wildman–Crippen LogP) is 1.25. The lowest BCUT2D eigenvalue weighted by Crippen LogP contribution is -2.16. The molecule has 5 nitrogen and oxygen atoms in total. The van der Waals surface area contributed by atoms with Crippen LogP contribution in [0.4, 0.5) is 11.4 Å². The van der Waals surface area contributed by atoms with Gasteiger partial charge in [0.25, 0.3) is 0 Å². The Bertz CT molecular complexity index is 366. The molecule has 1 aromatic carbocycles. The van der Waals surface area contributed by atoms with Crippen molar-refractivity contribution in [3.05, 3.63) is 18.2 Å². The van der Waals surface area contributed by atoms with Crippen molar-refractivity contribution in [1.29, 1.82) is 0 Å². The van der Waals surface area contributed by atoms with Crippen LogP contribution in [-0.4, -0.2) is 26.2 Å². The number of hydrogen-bond donors (Lipinski definition) is 2. The van der Waals surface area contributed by atoms with Gasteiger partial charge < -0.3 is 20.5 Å². The Morgan fingerprint density at radius 2 is 2.19 bits per heavy atom. The smallest absolute Gasteiger partial charge is 0.325 e. The summed E-state index contributed by atoms with van der Waals surface area (Å²) < 4.78 is 9.84. The van der Waals surface area contributed by atoms with Crippen LogP contribution in [0.25, 0.3) is 0 Å². The van der Waals surface area contributed by atoms with E-state index in [-0.39, 0.29) is 12.5 Å². The summed E-state index contributed by atoms with van der Waals surface area (Å²) in [7, 11) is 1.56. The third-order valence-electron chi connectivity index (χ3n) is 1.91. The van der Waals surface area contributed by atoms with Crippen molar-refractivity contribution < 1.29 is 14.3 Å². The Morgan fingerprint density at radius 1 is 1.44 bits per heavy atom. The molecular formula is C11H16N2O3. The minimum atomic E-state index is -0.302. The van der Waals surface area contributed by atoms with E-state index in [0.717, 1.165) is 5.69 Å². The van der Waals surface area contributed by atoms with Gasteiger partial charge in [0.15, 0.2) is 0 Å². The second kappa shape index (κ2) is 5.85. The van der Waals surface area contributed by atoms with E-state index in [1.807, 2.05) is 0 Å². The average Bonchev–Trinajstić information content (AvgIpc) is 2.26. The van der Waals surface area contributed by atoms with Crippen molar-refractivity contribution in [3.8, 4) is 5.75 Å². The Kier molecular flexibility index (Phi) is 4.44. The van der Waals surface area contributed by atoms with Gasteiger partial charge in [-0.25, -0.2) is 0 Å². The van der Waals surface area contributed by atoms with Crippen LogP contribution in [0.1, 0.15) is 6.92 Å². The molecule has 0 unspecified atom stereocenters. The molecule has 0 bridgehead atoms. The highest BCUT2D eigenvalue weighted by Crippen LogP contribution is 2.21. The zero-order valence-corrected chi connectivity index (χ0v) is 9.45. The first-order valence-corrected chi connectivity index (χ1v) is 4.99. The number of nitrogen functional groups attached to an aromatic ring is 1. The van der Waals surface area contributed by atoms with Crippen LogP contribution in [0, 0.1) is 0 Å². The summed E-state index contributed by atoms with van der Waals surface area (Å²) in [5, 5.41) is 2.91. The summed E-state index contributed by atoms with van der Waals surface area (Å²) in [6.07, 6.45) is 0. The molecule has 0 amide bonds. The standard InChI is InChI=1S/C11H16N2O3/c1-3-16-11(14)7-13-9-4-8(12)5-10(6-9)15-2/h4-6,13H,3,7,12H2,1-2H3. The molecule has 88 valence electrons. The van der Waals surface area contributed by atoms with E-state index >= 15 is 0 Å². The quantitative estimate of drug-likeness (QED) is 0.581. The molecule has 5 heteroatoms. The molecule has 0 heterocycles. The van der Waals surface area contributed by atoms with Gasteiger partial charge >= 0.3 is 5.97 Å². The third kappa shape index (κ3) is 3.68. The van der Waals surface area contributed by atoms with E-state index in [4.69, 9.17) is 15.2 Å². The summed E-state index contributed by atoms with van der Waals surface area (Å²) in [6.45, 7) is 2.25. The van der Waals surface area contributed by atoms with Crippen LogP contribution < -0.4 is 15.8 Å². The molecule has 0 aliphatic rings. The number of carbonyl (C=O) groups excluding carboxylic acids is 1. The van der Waals surface area contributed by atoms with Crippen LogP contribution in [0.2, 0.25) is 0 Å². The molecule has 0 saturated heterocycles. The predicted molar refractivity (Wildman–Crippen MR) is 62.5 cm³/mol. The molecule has 0 saturated carbocycles. The molecule has 0 spiro atoms. The van der Waals surface area contributed by atoms with Crippen LogP contribution in [0.15, 0.2) is 18.2 Å². The number of nitrogens with two attached hydrogens (primary N) is 1. The Hall–Kier alpha value is -1.91. The summed E-state index contributed by atoms with van der Waals surface area (Å²) in [4.78, 5) is 11.1. The molecule has 3 N–H and O–H groups in total. The minimum absolute atomic E-state index is 0.112. The normalized spacial score (nSPS) is 9.62. The number of anilines is 2. The molecule has 1 aromatic rings. The lowest BCUT2D eigenvalue weighted by molar-refractivity contribution is -0.140. The number of hydrogen-bond acceptors (Lipinski definition) is 5. The minimum Gasteiger partial charge on any atom is -0.497 e. The number of ether oxygens (including phenoxy) is 2. The van der Waals surface area contributed by atoms with E-state index in [9.17, 15) is 4.79 Å². The summed E-state index contributed by atoms with van der Waals surface area (Å²) in [5.74, 6) is 0.343. The molecule has 0 atom stereocenters. The van der Waals surface area contributed by atoms with Crippen molar-refractivity contribution in [2.45, 2.75) is 6.92 Å². The Balaban J connectivity index is 2.59. The largest absolute Gasteiger partial charge is 0.497 e. The maximum atomic E-state index is 11.1. The van der Waals surface area contributed by atoms with Gasteiger partial charge in [-0.3, -0.25) is 4.79 Å². The fraction of sp³-hybridized carbons (Fsp3) is 0.364. The number of esters is 1. The number of nitrogens with one attached hydrogen (secondary N) is 1. The van der Waals surface area contributed by atoms with Gasteiger partial charge in [0, 0.05) is 23.5 Å². The van der Waals surface area contributed by atoms with Gasteiger partial charge in [-0.05, 0) is 13.0 Å². The van der Waals surface area contributed by atoms with Gasteiger partial charge in [0.05, 0.1) is 13.7 Å². The topological polar surface area (TPSA) is 73.6 Å². The summed E-state index contributed by atoms with van der Waals surface area (Å²) in [6, 6.07) is 5.19. The van der Waals surface area contributed by atoms with E-state index in [1.54, 1.807) is 32.2 Å². The highest BCUT2D eigenvalue weighted by atomic mass is 16.5.